The first-order valence-corrected chi connectivity index (χ1v) is 5.71. The van der Waals surface area contributed by atoms with Crippen LogP contribution < -0.4 is 0 Å². The number of hydrogen-bond donors (Lipinski definition) is 0. The highest BCUT2D eigenvalue weighted by Gasteiger charge is 2.36. The Morgan fingerprint density at radius 2 is 2.35 bits per heavy atom. The minimum absolute atomic E-state index is 0.144. The number of hydrogen-bond acceptors (Lipinski definition) is 4. The second-order valence-corrected chi connectivity index (χ2v) is 4.51. The van der Waals surface area contributed by atoms with Crippen LogP contribution in [-0.4, -0.2) is 13.1 Å². The molecule has 0 saturated heterocycles. The van der Waals surface area contributed by atoms with Gasteiger partial charge in [0.15, 0.2) is 0 Å². The number of methoxy groups -OCH3 is 1. The van der Waals surface area contributed by atoms with Crippen LogP contribution in [0.25, 0.3) is 0 Å². The summed E-state index contributed by atoms with van der Waals surface area (Å²) in [5.41, 5.74) is 1.76. The molecule has 0 saturated carbocycles. The Morgan fingerprint density at radius 3 is 3.00 bits per heavy atom. The van der Waals surface area contributed by atoms with Crippen molar-refractivity contribution in [1.29, 1.82) is 0 Å². The molecule has 17 heavy (non-hydrogen) atoms. The third-order valence-corrected chi connectivity index (χ3v) is 3.51. The van der Waals surface area contributed by atoms with Crippen molar-refractivity contribution >= 4 is 17.6 Å². The Bertz CT molecular complexity index is 461. The van der Waals surface area contributed by atoms with Gasteiger partial charge in [0.05, 0.1) is 13.5 Å². The molecule has 1 aliphatic carbocycles. The third-order valence-electron chi connectivity index (χ3n) is 3.16. The van der Waals surface area contributed by atoms with Gasteiger partial charge in [-0.3, -0.25) is 4.79 Å². The van der Waals surface area contributed by atoms with E-state index in [1.54, 1.807) is 12.1 Å². The maximum Gasteiger partial charge on any atom is 0.305 e. The zero-order valence-corrected chi connectivity index (χ0v) is 10.1. The molecule has 1 aromatic carbocycles. The highest BCUT2D eigenvalue weighted by molar-refractivity contribution is 6.31. The molecule has 90 valence electrons. The van der Waals surface area contributed by atoms with Crippen LogP contribution in [0.2, 0.25) is 5.02 Å². The Morgan fingerprint density at radius 1 is 1.59 bits per heavy atom. The number of nitroso groups, excluding NO2 is 1. The standard InChI is InChI=1S/C12H12ClNO3/c1-17-11(15)6-7-5-9-8(12(7)14-16)3-2-4-10(9)13/h2-4,7,12H,5-6H2,1H3. The van der Waals surface area contributed by atoms with Crippen molar-refractivity contribution in [3.05, 3.63) is 39.3 Å². The molecule has 5 heteroatoms. The average Bonchev–Trinajstić information content (AvgIpc) is 2.68. The van der Waals surface area contributed by atoms with Gasteiger partial charge in [-0.1, -0.05) is 28.9 Å². The molecule has 0 fully saturated rings. The Labute approximate surface area is 104 Å². The lowest BCUT2D eigenvalue weighted by Gasteiger charge is -2.11. The molecule has 4 nitrogen and oxygen atoms in total. The topological polar surface area (TPSA) is 55.7 Å². The first kappa shape index (κ1) is 12.0. The van der Waals surface area contributed by atoms with Gasteiger partial charge in [-0.2, -0.15) is 4.91 Å². The molecule has 0 bridgehead atoms. The largest absolute Gasteiger partial charge is 0.469 e. The van der Waals surface area contributed by atoms with Crippen LogP contribution >= 0.6 is 11.6 Å². The second kappa shape index (κ2) is 4.84. The summed E-state index contributed by atoms with van der Waals surface area (Å²) >= 11 is 6.07. The van der Waals surface area contributed by atoms with E-state index in [1.807, 2.05) is 6.07 Å². The van der Waals surface area contributed by atoms with Gasteiger partial charge in [0.1, 0.15) is 6.04 Å². The lowest BCUT2D eigenvalue weighted by Crippen LogP contribution is -2.13. The van der Waals surface area contributed by atoms with Crippen molar-refractivity contribution in [2.75, 3.05) is 7.11 Å². The number of nitrogens with zero attached hydrogens (tertiary/aromatic N) is 1. The number of halogens is 1. The molecule has 0 amide bonds. The summed E-state index contributed by atoms with van der Waals surface area (Å²) < 4.78 is 4.62. The van der Waals surface area contributed by atoms with Crippen LogP contribution in [0.3, 0.4) is 0 Å². The molecule has 2 unspecified atom stereocenters. The molecule has 2 atom stereocenters. The summed E-state index contributed by atoms with van der Waals surface area (Å²) in [7, 11) is 1.33. The molecule has 1 aromatic rings. The maximum atomic E-state index is 11.3. The van der Waals surface area contributed by atoms with Crippen LogP contribution in [0.1, 0.15) is 23.6 Å². The van der Waals surface area contributed by atoms with E-state index in [1.165, 1.54) is 7.11 Å². The number of ether oxygens (including phenoxy) is 1. The number of rotatable bonds is 3. The van der Waals surface area contributed by atoms with Crippen LogP contribution in [0.4, 0.5) is 0 Å². The lowest BCUT2D eigenvalue weighted by molar-refractivity contribution is -0.141. The molecule has 1 aliphatic rings. The monoisotopic (exact) mass is 253 g/mol. The van der Waals surface area contributed by atoms with Gasteiger partial charge >= 0.3 is 5.97 Å². The summed E-state index contributed by atoms with van der Waals surface area (Å²) in [5, 5.41) is 3.75. The highest BCUT2D eigenvalue weighted by Crippen LogP contribution is 2.43. The first-order chi connectivity index (χ1) is 8.17. The molecular weight excluding hydrogens is 242 g/mol. The van der Waals surface area contributed by atoms with Crippen LogP contribution in [0, 0.1) is 10.8 Å². The number of benzene rings is 1. The Balaban J connectivity index is 2.28. The number of carbonyl (C=O) groups excluding carboxylic acids is 1. The third kappa shape index (κ3) is 2.17. The quantitative estimate of drug-likeness (QED) is 0.615. The smallest absolute Gasteiger partial charge is 0.305 e. The number of carbonyl (C=O) groups is 1. The van der Waals surface area contributed by atoms with Crippen molar-refractivity contribution < 1.29 is 9.53 Å². The van der Waals surface area contributed by atoms with E-state index in [2.05, 4.69) is 9.91 Å². The molecular formula is C12H12ClNO3. The summed E-state index contributed by atoms with van der Waals surface area (Å²) in [4.78, 5) is 22.2. The van der Waals surface area contributed by atoms with Crippen molar-refractivity contribution in [2.45, 2.75) is 18.9 Å². The van der Waals surface area contributed by atoms with Gasteiger partial charge in [0.2, 0.25) is 0 Å². The molecule has 0 radical (unpaired) electrons. The van der Waals surface area contributed by atoms with Crippen molar-refractivity contribution in [2.24, 2.45) is 11.1 Å². The van der Waals surface area contributed by atoms with Crippen LogP contribution in [0.5, 0.6) is 0 Å². The normalized spacial score (nSPS) is 22.0. The van der Waals surface area contributed by atoms with Crippen molar-refractivity contribution in [1.82, 2.24) is 0 Å². The minimum atomic E-state index is -0.497. The van der Waals surface area contributed by atoms with Gasteiger partial charge < -0.3 is 4.74 Å². The fourth-order valence-corrected chi connectivity index (χ4v) is 2.58. The zero-order valence-electron chi connectivity index (χ0n) is 9.35. The fourth-order valence-electron chi connectivity index (χ4n) is 2.32. The summed E-state index contributed by atoms with van der Waals surface area (Å²) in [5.74, 6) is -0.470. The molecule has 0 aromatic heterocycles. The van der Waals surface area contributed by atoms with Crippen LogP contribution in [0.15, 0.2) is 23.4 Å². The maximum absolute atomic E-state index is 11.3. The Hall–Kier alpha value is -1.42. The van der Waals surface area contributed by atoms with E-state index in [0.29, 0.717) is 11.4 Å². The van der Waals surface area contributed by atoms with Gasteiger partial charge in [0, 0.05) is 10.9 Å². The van der Waals surface area contributed by atoms with E-state index in [4.69, 9.17) is 11.6 Å². The van der Waals surface area contributed by atoms with Gasteiger partial charge in [-0.05, 0) is 23.6 Å². The molecule has 0 heterocycles. The van der Waals surface area contributed by atoms with E-state index >= 15 is 0 Å². The summed E-state index contributed by atoms with van der Waals surface area (Å²) in [6.07, 6.45) is 0.790. The van der Waals surface area contributed by atoms with Gasteiger partial charge in [0.25, 0.3) is 0 Å². The van der Waals surface area contributed by atoms with Gasteiger partial charge in [-0.25, -0.2) is 0 Å². The Kier molecular flexibility index (Phi) is 3.43. The van der Waals surface area contributed by atoms with Gasteiger partial charge in [-0.15, -0.1) is 0 Å². The first-order valence-electron chi connectivity index (χ1n) is 5.34. The van der Waals surface area contributed by atoms with E-state index in [0.717, 1.165) is 11.1 Å². The average molecular weight is 254 g/mol. The number of fused-ring (bicyclic) bond motifs is 1. The lowest BCUT2D eigenvalue weighted by atomic mass is 9.98. The highest BCUT2D eigenvalue weighted by atomic mass is 35.5. The van der Waals surface area contributed by atoms with E-state index in [-0.39, 0.29) is 18.3 Å². The number of esters is 1. The SMILES string of the molecule is COC(=O)CC1Cc2c(Cl)cccc2C1N=O. The minimum Gasteiger partial charge on any atom is -0.469 e. The molecule has 0 spiro atoms. The fraction of sp³-hybridized carbons (Fsp3) is 0.417. The zero-order chi connectivity index (χ0) is 12.4. The van der Waals surface area contributed by atoms with E-state index in [9.17, 15) is 9.70 Å². The summed E-state index contributed by atoms with van der Waals surface area (Å²) in [6, 6.07) is 4.91. The molecule has 2 rings (SSSR count). The second-order valence-electron chi connectivity index (χ2n) is 4.10. The van der Waals surface area contributed by atoms with Crippen LogP contribution in [-0.2, 0) is 16.0 Å². The molecule has 0 N–H and O–H groups in total. The van der Waals surface area contributed by atoms with Crippen molar-refractivity contribution in [3.8, 4) is 0 Å². The predicted molar refractivity (Wildman–Crippen MR) is 63.8 cm³/mol. The predicted octanol–water partition coefficient (Wildman–Crippen LogP) is 2.88. The van der Waals surface area contributed by atoms with Crippen molar-refractivity contribution in [3.63, 3.8) is 0 Å². The molecule has 0 aliphatic heterocycles. The van der Waals surface area contributed by atoms with E-state index < -0.39 is 6.04 Å². The summed E-state index contributed by atoms with van der Waals surface area (Å²) in [6.45, 7) is 0.